The summed E-state index contributed by atoms with van der Waals surface area (Å²) in [6, 6.07) is 8.01. The van der Waals surface area contributed by atoms with E-state index in [2.05, 4.69) is 24.4 Å². The van der Waals surface area contributed by atoms with Gasteiger partial charge in [0.15, 0.2) is 5.84 Å². The SMILES string of the molecule is CC(C)(COc1cccc2c1C(N)=NS(=O)(=O)N2)NC(=O)c1ccnc(-n2ccnc2N)c1. The van der Waals surface area contributed by atoms with E-state index >= 15 is 0 Å². The Morgan fingerprint density at radius 2 is 2.00 bits per heavy atom. The molecule has 0 atom stereocenters. The monoisotopic (exact) mass is 470 g/mol. The number of anilines is 2. The second-order valence-electron chi connectivity index (χ2n) is 7.92. The van der Waals surface area contributed by atoms with E-state index in [0.717, 1.165) is 0 Å². The largest absolute Gasteiger partial charge is 0.490 e. The van der Waals surface area contributed by atoms with Crippen molar-refractivity contribution in [2.45, 2.75) is 19.4 Å². The third kappa shape index (κ3) is 4.72. The summed E-state index contributed by atoms with van der Waals surface area (Å²) in [6.07, 6.45) is 4.69. The third-order valence-corrected chi connectivity index (χ3v) is 5.62. The second-order valence-corrected chi connectivity index (χ2v) is 9.25. The third-order valence-electron chi connectivity index (χ3n) is 4.70. The Bertz CT molecular complexity index is 1360. The minimum Gasteiger partial charge on any atom is -0.490 e. The number of imidazole rings is 1. The first-order valence-corrected chi connectivity index (χ1v) is 11.2. The molecule has 1 aliphatic heterocycles. The lowest BCUT2D eigenvalue weighted by atomic mass is 10.1. The first-order chi connectivity index (χ1) is 15.5. The van der Waals surface area contributed by atoms with Gasteiger partial charge in [-0.25, -0.2) is 9.97 Å². The molecule has 4 rings (SSSR count). The van der Waals surface area contributed by atoms with Crippen LogP contribution in [0.4, 0.5) is 11.6 Å². The minimum atomic E-state index is -3.89. The fourth-order valence-electron chi connectivity index (χ4n) is 3.21. The van der Waals surface area contributed by atoms with Crippen molar-refractivity contribution in [2.75, 3.05) is 17.1 Å². The van der Waals surface area contributed by atoms with E-state index in [4.69, 9.17) is 16.2 Å². The average Bonchev–Trinajstić information content (AvgIpc) is 3.17. The van der Waals surface area contributed by atoms with Crippen LogP contribution in [0.2, 0.25) is 0 Å². The zero-order valence-corrected chi connectivity index (χ0v) is 18.6. The van der Waals surface area contributed by atoms with E-state index in [1.165, 1.54) is 12.4 Å². The van der Waals surface area contributed by atoms with Crippen molar-refractivity contribution < 1.29 is 17.9 Å². The number of fused-ring (bicyclic) bond motifs is 1. The predicted octanol–water partition coefficient (Wildman–Crippen LogP) is 0.812. The summed E-state index contributed by atoms with van der Waals surface area (Å²) in [5, 5.41) is 2.91. The lowest BCUT2D eigenvalue weighted by molar-refractivity contribution is 0.0880. The number of rotatable bonds is 6. The molecule has 2 aromatic heterocycles. The quantitative estimate of drug-likeness (QED) is 0.408. The summed E-state index contributed by atoms with van der Waals surface area (Å²) >= 11 is 0. The Morgan fingerprint density at radius 3 is 2.73 bits per heavy atom. The van der Waals surface area contributed by atoms with Gasteiger partial charge in [0.2, 0.25) is 5.95 Å². The first-order valence-electron chi connectivity index (χ1n) is 9.77. The van der Waals surface area contributed by atoms with Crippen LogP contribution in [-0.2, 0) is 10.2 Å². The molecule has 172 valence electrons. The molecule has 0 bridgehead atoms. The summed E-state index contributed by atoms with van der Waals surface area (Å²) in [5.41, 5.74) is 11.8. The van der Waals surface area contributed by atoms with Gasteiger partial charge in [-0.1, -0.05) is 6.07 Å². The summed E-state index contributed by atoms with van der Waals surface area (Å²) < 4.78 is 36.7. The summed E-state index contributed by atoms with van der Waals surface area (Å²) in [6.45, 7) is 3.65. The molecule has 0 saturated heterocycles. The summed E-state index contributed by atoms with van der Waals surface area (Å²) in [4.78, 5) is 21.0. The van der Waals surface area contributed by atoms with Gasteiger partial charge in [-0.05, 0) is 38.1 Å². The van der Waals surface area contributed by atoms with E-state index in [1.54, 1.807) is 54.9 Å². The lowest BCUT2D eigenvalue weighted by Gasteiger charge is -2.27. The van der Waals surface area contributed by atoms with Crippen molar-refractivity contribution in [3.05, 3.63) is 60.0 Å². The molecule has 0 radical (unpaired) electrons. The maximum atomic E-state index is 12.9. The number of amidine groups is 1. The Balaban J connectivity index is 1.48. The molecule has 0 spiro atoms. The molecule has 1 aliphatic rings. The number of nitrogens with two attached hydrogens (primary N) is 2. The van der Waals surface area contributed by atoms with E-state index in [-0.39, 0.29) is 30.0 Å². The van der Waals surface area contributed by atoms with Crippen LogP contribution in [0.3, 0.4) is 0 Å². The fourth-order valence-corrected chi connectivity index (χ4v) is 4.06. The van der Waals surface area contributed by atoms with Crippen molar-refractivity contribution in [1.29, 1.82) is 0 Å². The van der Waals surface area contributed by atoms with Gasteiger partial charge >= 0.3 is 10.2 Å². The summed E-state index contributed by atoms with van der Waals surface area (Å²) in [5.74, 6) is 0.532. The topological polar surface area (TPSA) is 180 Å². The van der Waals surface area contributed by atoms with Gasteiger partial charge in [-0.2, -0.15) is 8.42 Å². The molecular weight excluding hydrogens is 448 g/mol. The number of pyridine rings is 1. The number of amides is 1. The molecule has 3 aromatic rings. The van der Waals surface area contributed by atoms with Crippen LogP contribution in [0.5, 0.6) is 5.75 Å². The van der Waals surface area contributed by atoms with Gasteiger partial charge in [0.05, 0.1) is 16.8 Å². The van der Waals surface area contributed by atoms with Crippen LogP contribution in [0.25, 0.3) is 5.82 Å². The molecular formula is C20H22N8O4S. The van der Waals surface area contributed by atoms with Gasteiger partial charge in [-0.3, -0.25) is 14.1 Å². The molecule has 0 unspecified atom stereocenters. The Labute approximate surface area is 189 Å². The molecule has 1 aromatic carbocycles. The number of hydrogen-bond donors (Lipinski definition) is 4. The van der Waals surface area contributed by atoms with Crippen LogP contribution < -0.4 is 26.2 Å². The van der Waals surface area contributed by atoms with Gasteiger partial charge in [0.25, 0.3) is 5.91 Å². The highest BCUT2D eigenvalue weighted by atomic mass is 32.2. The molecule has 12 nitrogen and oxygen atoms in total. The molecule has 13 heteroatoms. The molecule has 3 heterocycles. The van der Waals surface area contributed by atoms with Crippen molar-refractivity contribution in [3.63, 3.8) is 0 Å². The Hall–Kier alpha value is -4.13. The van der Waals surface area contributed by atoms with Gasteiger partial charge in [0.1, 0.15) is 18.2 Å². The van der Waals surface area contributed by atoms with E-state index in [9.17, 15) is 13.2 Å². The minimum absolute atomic E-state index is 0.0711. The van der Waals surface area contributed by atoms with Gasteiger partial charge < -0.3 is 21.5 Å². The standard InChI is InChI=1S/C20H22N8O4S/c1-20(2,11-32-14-5-3-4-13-16(14)17(21)27-33(30,31)26-13)25-18(29)12-6-7-23-15(10-12)28-9-8-24-19(28)22/h3-10,26H,11H2,1-2H3,(H2,21,27)(H2,22,24)(H,25,29). The molecule has 0 aliphatic carbocycles. The molecule has 1 amide bonds. The van der Waals surface area contributed by atoms with Crippen molar-refractivity contribution in [3.8, 4) is 11.6 Å². The molecule has 0 saturated carbocycles. The van der Waals surface area contributed by atoms with E-state index in [1.807, 2.05) is 0 Å². The molecule has 0 fully saturated rings. The van der Waals surface area contributed by atoms with Crippen LogP contribution in [0, 0.1) is 0 Å². The zero-order chi connectivity index (χ0) is 23.8. The van der Waals surface area contributed by atoms with Gasteiger partial charge in [0, 0.05) is 24.2 Å². The maximum absolute atomic E-state index is 12.9. The number of nitrogen functional groups attached to an aromatic ring is 1. The smallest absolute Gasteiger partial charge is 0.344 e. The Kier molecular flexibility index (Phi) is 5.41. The Morgan fingerprint density at radius 1 is 1.21 bits per heavy atom. The number of aromatic nitrogens is 3. The van der Waals surface area contributed by atoms with Crippen molar-refractivity contribution in [1.82, 2.24) is 19.9 Å². The molecule has 6 N–H and O–H groups in total. The first kappa shape index (κ1) is 22.1. The van der Waals surface area contributed by atoms with Crippen LogP contribution in [-0.4, -0.2) is 46.8 Å². The van der Waals surface area contributed by atoms with Crippen molar-refractivity contribution in [2.24, 2.45) is 10.1 Å². The zero-order valence-electron chi connectivity index (χ0n) is 17.8. The highest BCUT2D eigenvalue weighted by Crippen LogP contribution is 2.30. The fraction of sp³-hybridized carbons (Fsp3) is 0.200. The van der Waals surface area contributed by atoms with E-state index < -0.39 is 15.7 Å². The van der Waals surface area contributed by atoms with Crippen molar-refractivity contribution >= 4 is 33.6 Å². The normalized spacial score (nSPS) is 14.5. The number of carbonyl (C=O) groups excluding carboxylic acids is 1. The lowest BCUT2D eigenvalue weighted by Crippen LogP contribution is -2.48. The maximum Gasteiger partial charge on any atom is 0.344 e. The number of benzene rings is 1. The summed E-state index contributed by atoms with van der Waals surface area (Å²) in [7, 11) is -3.89. The number of nitrogens with one attached hydrogen (secondary N) is 2. The predicted molar refractivity (Wildman–Crippen MR) is 123 cm³/mol. The highest BCUT2D eigenvalue weighted by Gasteiger charge is 2.27. The molecule has 33 heavy (non-hydrogen) atoms. The number of hydrogen-bond acceptors (Lipinski definition) is 8. The second kappa shape index (κ2) is 8.09. The number of ether oxygens (including phenoxy) is 1. The highest BCUT2D eigenvalue weighted by molar-refractivity contribution is 7.91. The average molecular weight is 471 g/mol. The van der Waals surface area contributed by atoms with Crippen LogP contribution in [0.15, 0.2) is 53.3 Å². The number of nitrogens with zero attached hydrogens (tertiary/aromatic N) is 4. The van der Waals surface area contributed by atoms with E-state index in [0.29, 0.717) is 22.7 Å². The van der Waals surface area contributed by atoms with Crippen LogP contribution in [0.1, 0.15) is 29.8 Å². The number of carbonyl (C=O) groups is 1. The van der Waals surface area contributed by atoms with Gasteiger partial charge in [-0.15, -0.1) is 4.40 Å². The van der Waals surface area contributed by atoms with Crippen LogP contribution >= 0.6 is 0 Å².